The number of aromatic hydroxyl groups is 2. The smallest absolute Gasteiger partial charge is 0.343 e. The molecule has 88 valence electrons. The number of carbonyl (C=O) groups is 1. The molecule has 0 radical (unpaired) electrons. The SMILES string of the molecule is COc1ccc2cc(O)c(C(=O)O)c(O)c2c1. The highest BCUT2D eigenvalue weighted by atomic mass is 16.5. The molecule has 0 aliphatic rings. The lowest BCUT2D eigenvalue weighted by Crippen LogP contribution is -1.98. The highest BCUT2D eigenvalue weighted by molar-refractivity contribution is 6.03. The molecule has 0 bridgehead atoms. The Balaban J connectivity index is 2.83. The third-order valence-corrected chi connectivity index (χ3v) is 2.51. The van der Waals surface area contributed by atoms with Crippen molar-refractivity contribution in [3.63, 3.8) is 0 Å². The van der Waals surface area contributed by atoms with Gasteiger partial charge >= 0.3 is 5.97 Å². The number of rotatable bonds is 2. The average molecular weight is 234 g/mol. The fourth-order valence-corrected chi connectivity index (χ4v) is 1.68. The molecular weight excluding hydrogens is 224 g/mol. The first-order valence-electron chi connectivity index (χ1n) is 4.80. The number of phenols is 2. The van der Waals surface area contributed by atoms with Crippen LogP contribution in [-0.4, -0.2) is 28.4 Å². The van der Waals surface area contributed by atoms with E-state index in [1.807, 2.05) is 0 Å². The van der Waals surface area contributed by atoms with E-state index >= 15 is 0 Å². The first-order chi connectivity index (χ1) is 8.04. The van der Waals surface area contributed by atoms with Crippen LogP contribution >= 0.6 is 0 Å². The van der Waals surface area contributed by atoms with Crippen LogP contribution in [0.1, 0.15) is 10.4 Å². The quantitative estimate of drug-likeness (QED) is 0.739. The highest BCUT2D eigenvalue weighted by Gasteiger charge is 2.18. The Labute approximate surface area is 96.5 Å². The Morgan fingerprint density at radius 2 is 1.94 bits per heavy atom. The van der Waals surface area contributed by atoms with Crippen LogP contribution in [0.5, 0.6) is 17.2 Å². The minimum atomic E-state index is -1.38. The second-order valence-electron chi connectivity index (χ2n) is 3.51. The molecule has 0 atom stereocenters. The van der Waals surface area contributed by atoms with Crippen LogP contribution in [0.2, 0.25) is 0 Å². The molecule has 0 fully saturated rings. The fraction of sp³-hybridized carbons (Fsp3) is 0.0833. The summed E-state index contributed by atoms with van der Waals surface area (Å²) in [5.41, 5.74) is -0.509. The van der Waals surface area contributed by atoms with Gasteiger partial charge in [-0.25, -0.2) is 4.79 Å². The zero-order valence-electron chi connectivity index (χ0n) is 8.97. The largest absolute Gasteiger partial charge is 0.507 e. The van der Waals surface area contributed by atoms with E-state index in [1.165, 1.54) is 19.2 Å². The number of aromatic carboxylic acids is 1. The van der Waals surface area contributed by atoms with Gasteiger partial charge in [-0.2, -0.15) is 0 Å². The third-order valence-electron chi connectivity index (χ3n) is 2.51. The molecule has 5 heteroatoms. The first-order valence-corrected chi connectivity index (χ1v) is 4.80. The molecule has 17 heavy (non-hydrogen) atoms. The Kier molecular flexibility index (Phi) is 2.51. The second-order valence-corrected chi connectivity index (χ2v) is 3.51. The predicted octanol–water partition coefficient (Wildman–Crippen LogP) is 1.96. The van der Waals surface area contributed by atoms with Crippen molar-refractivity contribution in [2.45, 2.75) is 0 Å². The van der Waals surface area contributed by atoms with E-state index in [1.54, 1.807) is 12.1 Å². The number of fused-ring (bicyclic) bond motifs is 1. The van der Waals surface area contributed by atoms with Gasteiger partial charge in [-0.15, -0.1) is 0 Å². The summed E-state index contributed by atoms with van der Waals surface area (Å²) in [6.45, 7) is 0. The molecule has 0 amide bonds. The number of ether oxygens (including phenoxy) is 1. The van der Waals surface area contributed by atoms with Gasteiger partial charge in [0.15, 0.2) is 0 Å². The Morgan fingerprint density at radius 1 is 1.24 bits per heavy atom. The molecule has 0 saturated carbocycles. The van der Waals surface area contributed by atoms with Gasteiger partial charge in [-0.1, -0.05) is 6.07 Å². The summed E-state index contributed by atoms with van der Waals surface area (Å²) < 4.78 is 4.99. The molecule has 2 rings (SSSR count). The molecule has 2 aromatic carbocycles. The van der Waals surface area contributed by atoms with Gasteiger partial charge in [0, 0.05) is 5.39 Å². The lowest BCUT2D eigenvalue weighted by molar-refractivity contribution is 0.0691. The molecule has 0 aromatic heterocycles. The summed E-state index contributed by atoms with van der Waals surface area (Å²) >= 11 is 0. The van der Waals surface area contributed by atoms with Crippen molar-refractivity contribution in [2.24, 2.45) is 0 Å². The fourth-order valence-electron chi connectivity index (χ4n) is 1.68. The van der Waals surface area contributed by atoms with E-state index in [4.69, 9.17) is 9.84 Å². The van der Waals surface area contributed by atoms with E-state index < -0.39 is 23.0 Å². The zero-order chi connectivity index (χ0) is 12.6. The van der Waals surface area contributed by atoms with Gasteiger partial charge < -0.3 is 20.1 Å². The molecule has 3 N–H and O–H groups in total. The average Bonchev–Trinajstić information content (AvgIpc) is 2.28. The van der Waals surface area contributed by atoms with Gasteiger partial charge in [0.05, 0.1) is 7.11 Å². The van der Waals surface area contributed by atoms with Crippen LogP contribution in [0.25, 0.3) is 10.8 Å². The second kappa shape index (κ2) is 3.86. The molecule has 0 aliphatic carbocycles. The van der Waals surface area contributed by atoms with E-state index in [0.29, 0.717) is 16.5 Å². The molecule has 0 unspecified atom stereocenters. The van der Waals surface area contributed by atoms with Crippen LogP contribution in [0.3, 0.4) is 0 Å². The van der Waals surface area contributed by atoms with Gasteiger partial charge in [0.2, 0.25) is 0 Å². The Morgan fingerprint density at radius 3 is 2.53 bits per heavy atom. The number of hydrogen-bond acceptors (Lipinski definition) is 4. The van der Waals surface area contributed by atoms with E-state index in [-0.39, 0.29) is 0 Å². The summed E-state index contributed by atoms with van der Waals surface area (Å²) in [6.07, 6.45) is 0. The van der Waals surface area contributed by atoms with Crippen LogP contribution in [0, 0.1) is 0 Å². The summed E-state index contributed by atoms with van der Waals surface area (Å²) in [5.74, 6) is -1.82. The van der Waals surface area contributed by atoms with Crippen molar-refractivity contribution in [3.8, 4) is 17.2 Å². The van der Waals surface area contributed by atoms with E-state index in [2.05, 4.69) is 0 Å². The summed E-state index contributed by atoms with van der Waals surface area (Å²) in [5, 5.41) is 29.1. The zero-order valence-corrected chi connectivity index (χ0v) is 8.97. The molecule has 0 saturated heterocycles. The topological polar surface area (TPSA) is 87.0 Å². The van der Waals surface area contributed by atoms with Gasteiger partial charge in [-0.3, -0.25) is 0 Å². The van der Waals surface area contributed by atoms with Crippen molar-refractivity contribution in [1.29, 1.82) is 0 Å². The van der Waals surface area contributed by atoms with Crippen molar-refractivity contribution < 1.29 is 24.9 Å². The van der Waals surface area contributed by atoms with Gasteiger partial charge in [0.25, 0.3) is 0 Å². The summed E-state index contributed by atoms with van der Waals surface area (Å²) in [4.78, 5) is 10.9. The molecule has 5 nitrogen and oxygen atoms in total. The predicted molar refractivity (Wildman–Crippen MR) is 60.8 cm³/mol. The van der Waals surface area contributed by atoms with Crippen LogP contribution in [0.15, 0.2) is 24.3 Å². The number of hydrogen-bond donors (Lipinski definition) is 3. The Hall–Kier alpha value is -2.43. The summed E-state index contributed by atoms with van der Waals surface area (Å²) in [6, 6.07) is 6.08. The van der Waals surface area contributed by atoms with E-state index in [0.717, 1.165) is 0 Å². The number of methoxy groups -OCH3 is 1. The molecule has 0 spiro atoms. The van der Waals surface area contributed by atoms with Crippen molar-refractivity contribution in [1.82, 2.24) is 0 Å². The summed E-state index contributed by atoms with van der Waals surface area (Å²) in [7, 11) is 1.47. The Bertz CT molecular complexity index is 603. The molecular formula is C12H10O5. The first kappa shape index (κ1) is 11.1. The standard InChI is InChI=1S/C12H10O5/c1-17-7-3-2-6-4-9(13)10(12(15)16)11(14)8(6)5-7/h2-5,13-14H,1H3,(H,15,16). The number of carboxylic acid groups (broad SMARTS) is 1. The normalized spacial score (nSPS) is 10.4. The molecule has 2 aromatic rings. The van der Waals surface area contributed by atoms with Gasteiger partial charge in [0.1, 0.15) is 22.8 Å². The van der Waals surface area contributed by atoms with Crippen molar-refractivity contribution >= 4 is 16.7 Å². The maximum absolute atomic E-state index is 10.9. The molecule has 0 aliphatic heterocycles. The monoisotopic (exact) mass is 234 g/mol. The maximum Gasteiger partial charge on any atom is 0.343 e. The molecule has 0 heterocycles. The maximum atomic E-state index is 10.9. The number of carboxylic acids is 1. The highest BCUT2D eigenvalue weighted by Crippen LogP contribution is 2.37. The van der Waals surface area contributed by atoms with E-state index in [9.17, 15) is 15.0 Å². The van der Waals surface area contributed by atoms with Crippen LogP contribution in [-0.2, 0) is 0 Å². The van der Waals surface area contributed by atoms with Crippen LogP contribution < -0.4 is 4.74 Å². The third kappa shape index (κ3) is 1.71. The number of benzene rings is 2. The minimum Gasteiger partial charge on any atom is -0.507 e. The van der Waals surface area contributed by atoms with Crippen molar-refractivity contribution in [2.75, 3.05) is 7.11 Å². The van der Waals surface area contributed by atoms with Crippen LogP contribution in [0.4, 0.5) is 0 Å². The minimum absolute atomic E-state index is 0.319. The lowest BCUT2D eigenvalue weighted by Gasteiger charge is -2.08. The van der Waals surface area contributed by atoms with Crippen molar-refractivity contribution in [3.05, 3.63) is 29.8 Å². The van der Waals surface area contributed by atoms with Gasteiger partial charge in [-0.05, 0) is 23.6 Å². The lowest BCUT2D eigenvalue weighted by atomic mass is 10.0.